The molecule has 0 saturated carbocycles. The molecule has 0 unspecified atom stereocenters. The van der Waals surface area contributed by atoms with Crippen molar-refractivity contribution in [3.05, 3.63) is 58.4 Å². The third kappa shape index (κ3) is 3.27. The molecule has 1 aromatic heterocycles. The van der Waals surface area contributed by atoms with Crippen LogP contribution in [0.4, 0.5) is 5.69 Å². The summed E-state index contributed by atoms with van der Waals surface area (Å²) in [6.45, 7) is 2.43. The Morgan fingerprint density at radius 2 is 2.15 bits per heavy atom. The van der Waals surface area contributed by atoms with Crippen LogP contribution in [0.5, 0.6) is 0 Å². The van der Waals surface area contributed by atoms with Gasteiger partial charge in [-0.1, -0.05) is 11.6 Å². The van der Waals surface area contributed by atoms with Gasteiger partial charge < -0.3 is 10.6 Å². The summed E-state index contributed by atoms with van der Waals surface area (Å²) in [4.78, 5) is 16.3. The van der Waals surface area contributed by atoms with Crippen molar-refractivity contribution >= 4 is 23.2 Å². The van der Waals surface area contributed by atoms with E-state index in [4.69, 9.17) is 11.6 Å². The SMILES string of the molecule is CNc1ccc(Cl)cc1C(=O)NCc1cnccc1C. The molecule has 0 fully saturated rings. The van der Waals surface area contributed by atoms with Gasteiger partial charge in [-0.3, -0.25) is 9.78 Å². The van der Waals surface area contributed by atoms with Crippen molar-refractivity contribution < 1.29 is 4.79 Å². The Hall–Kier alpha value is -2.07. The fourth-order valence-corrected chi connectivity index (χ4v) is 2.05. The lowest BCUT2D eigenvalue weighted by molar-refractivity contribution is 0.0951. The van der Waals surface area contributed by atoms with Gasteiger partial charge in [-0.05, 0) is 42.3 Å². The van der Waals surface area contributed by atoms with Crippen LogP contribution in [0.15, 0.2) is 36.7 Å². The Morgan fingerprint density at radius 1 is 1.35 bits per heavy atom. The standard InChI is InChI=1S/C15H16ClN3O/c1-10-5-6-18-8-11(10)9-19-15(20)13-7-12(16)3-4-14(13)17-2/h3-8,17H,9H2,1-2H3,(H,19,20). The maximum absolute atomic E-state index is 12.2. The van der Waals surface area contributed by atoms with Crippen molar-refractivity contribution in [2.45, 2.75) is 13.5 Å². The van der Waals surface area contributed by atoms with E-state index in [0.717, 1.165) is 16.8 Å². The summed E-state index contributed by atoms with van der Waals surface area (Å²) < 4.78 is 0. The summed E-state index contributed by atoms with van der Waals surface area (Å²) in [5.41, 5.74) is 3.37. The van der Waals surface area contributed by atoms with Crippen LogP contribution >= 0.6 is 11.6 Å². The molecule has 0 aliphatic carbocycles. The Labute approximate surface area is 123 Å². The van der Waals surface area contributed by atoms with Crippen LogP contribution in [-0.2, 0) is 6.54 Å². The van der Waals surface area contributed by atoms with Gasteiger partial charge in [0.15, 0.2) is 0 Å². The summed E-state index contributed by atoms with van der Waals surface area (Å²) in [5.74, 6) is -0.167. The van der Waals surface area contributed by atoms with E-state index in [9.17, 15) is 4.79 Å². The number of amides is 1. The molecule has 4 nitrogen and oxygen atoms in total. The van der Waals surface area contributed by atoms with E-state index < -0.39 is 0 Å². The highest BCUT2D eigenvalue weighted by Gasteiger charge is 2.11. The Kier molecular flexibility index (Phi) is 4.58. The van der Waals surface area contributed by atoms with Gasteiger partial charge in [0.25, 0.3) is 5.91 Å². The molecular weight excluding hydrogens is 274 g/mol. The number of hydrogen-bond donors (Lipinski definition) is 2. The number of halogens is 1. The van der Waals surface area contributed by atoms with Crippen LogP contribution in [0.3, 0.4) is 0 Å². The molecule has 1 amide bonds. The number of aryl methyl sites for hydroxylation is 1. The zero-order chi connectivity index (χ0) is 14.5. The number of carbonyl (C=O) groups excluding carboxylic acids is 1. The lowest BCUT2D eigenvalue weighted by atomic mass is 10.1. The van der Waals surface area contributed by atoms with Gasteiger partial charge in [0.1, 0.15) is 0 Å². The van der Waals surface area contributed by atoms with Crippen molar-refractivity contribution in [3.8, 4) is 0 Å². The van der Waals surface area contributed by atoms with Gasteiger partial charge in [-0.25, -0.2) is 0 Å². The van der Waals surface area contributed by atoms with Crippen LogP contribution in [0.2, 0.25) is 5.02 Å². The van der Waals surface area contributed by atoms with E-state index >= 15 is 0 Å². The summed E-state index contributed by atoms with van der Waals surface area (Å²) in [5, 5.41) is 6.40. The normalized spacial score (nSPS) is 10.2. The monoisotopic (exact) mass is 289 g/mol. The van der Waals surface area contributed by atoms with Crippen LogP contribution in [0.25, 0.3) is 0 Å². The molecule has 2 aromatic rings. The van der Waals surface area contributed by atoms with Gasteiger partial charge in [0.05, 0.1) is 5.56 Å². The smallest absolute Gasteiger partial charge is 0.253 e. The molecule has 0 aliphatic rings. The van der Waals surface area contributed by atoms with Crippen molar-refractivity contribution in [1.29, 1.82) is 0 Å². The molecule has 2 rings (SSSR count). The fraction of sp³-hybridized carbons (Fsp3) is 0.200. The van der Waals surface area contributed by atoms with Crippen LogP contribution in [0.1, 0.15) is 21.5 Å². The lowest BCUT2D eigenvalue weighted by Crippen LogP contribution is -2.24. The summed E-state index contributed by atoms with van der Waals surface area (Å²) in [6, 6.07) is 7.10. The van der Waals surface area contributed by atoms with E-state index in [1.807, 2.05) is 13.0 Å². The first-order chi connectivity index (χ1) is 9.61. The van der Waals surface area contributed by atoms with E-state index in [-0.39, 0.29) is 5.91 Å². The molecule has 0 bridgehead atoms. The van der Waals surface area contributed by atoms with Crippen molar-refractivity contribution in [2.75, 3.05) is 12.4 Å². The molecule has 2 N–H and O–H groups in total. The fourth-order valence-electron chi connectivity index (χ4n) is 1.87. The molecule has 1 heterocycles. The number of aromatic nitrogens is 1. The second-order valence-electron chi connectivity index (χ2n) is 4.42. The minimum Gasteiger partial charge on any atom is -0.387 e. The molecule has 0 radical (unpaired) electrons. The number of pyridine rings is 1. The lowest BCUT2D eigenvalue weighted by Gasteiger charge is -2.11. The first kappa shape index (κ1) is 14.3. The molecule has 20 heavy (non-hydrogen) atoms. The van der Waals surface area contributed by atoms with E-state index in [1.54, 1.807) is 37.6 Å². The summed E-state index contributed by atoms with van der Waals surface area (Å²) >= 11 is 5.94. The number of rotatable bonds is 4. The second kappa shape index (κ2) is 6.39. The quantitative estimate of drug-likeness (QED) is 0.910. The first-order valence-corrected chi connectivity index (χ1v) is 6.64. The van der Waals surface area contributed by atoms with Crippen molar-refractivity contribution in [2.24, 2.45) is 0 Å². The van der Waals surface area contributed by atoms with E-state index in [2.05, 4.69) is 15.6 Å². The second-order valence-corrected chi connectivity index (χ2v) is 4.86. The zero-order valence-corrected chi connectivity index (χ0v) is 12.2. The molecule has 0 spiro atoms. The number of benzene rings is 1. The Bertz CT molecular complexity index is 628. The number of carbonyl (C=O) groups is 1. The predicted molar refractivity (Wildman–Crippen MR) is 81.1 cm³/mol. The molecule has 0 aliphatic heterocycles. The number of hydrogen-bond acceptors (Lipinski definition) is 3. The average molecular weight is 290 g/mol. The minimum atomic E-state index is -0.167. The van der Waals surface area contributed by atoms with Gasteiger partial charge >= 0.3 is 0 Å². The number of anilines is 1. The van der Waals surface area contributed by atoms with Gasteiger partial charge in [0.2, 0.25) is 0 Å². The summed E-state index contributed by atoms with van der Waals surface area (Å²) in [7, 11) is 1.77. The van der Waals surface area contributed by atoms with Gasteiger partial charge in [-0.15, -0.1) is 0 Å². The van der Waals surface area contributed by atoms with Gasteiger partial charge in [0, 0.05) is 36.7 Å². The van der Waals surface area contributed by atoms with Gasteiger partial charge in [-0.2, -0.15) is 0 Å². The molecule has 5 heteroatoms. The molecule has 104 valence electrons. The third-order valence-electron chi connectivity index (χ3n) is 3.08. The molecular formula is C15H16ClN3O. The topological polar surface area (TPSA) is 54.0 Å². The van der Waals surface area contributed by atoms with Crippen molar-refractivity contribution in [3.63, 3.8) is 0 Å². The van der Waals surface area contributed by atoms with E-state index in [0.29, 0.717) is 17.1 Å². The first-order valence-electron chi connectivity index (χ1n) is 6.27. The zero-order valence-electron chi connectivity index (χ0n) is 11.4. The Balaban J connectivity index is 2.13. The van der Waals surface area contributed by atoms with Crippen LogP contribution in [-0.4, -0.2) is 17.9 Å². The number of nitrogens with zero attached hydrogens (tertiary/aromatic N) is 1. The highest BCUT2D eigenvalue weighted by atomic mass is 35.5. The molecule has 0 atom stereocenters. The van der Waals surface area contributed by atoms with Crippen LogP contribution < -0.4 is 10.6 Å². The highest BCUT2D eigenvalue weighted by molar-refractivity contribution is 6.31. The maximum Gasteiger partial charge on any atom is 0.253 e. The average Bonchev–Trinajstić information content (AvgIpc) is 2.46. The minimum absolute atomic E-state index is 0.167. The van der Waals surface area contributed by atoms with Crippen LogP contribution in [0, 0.1) is 6.92 Å². The van der Waals surface area contributed by atoms with E-state index in [1.165, 1.54) is 0 Å². The third-order valence-corrected chi connectivity index (χ3v) is 3.32. The highest BCUT2D eigenvalue weighted by Crippen LogP contribution is 2.20. The maximum atomic E-state index is 12.2. The summed E-state index contributed by atoms with van der Waals surface area (Å²) in [6.07, 6.45) is 3.49. The number of nitrogens with one attached hydrogen (secondary N) is 2. The molecule has 0 saturated heterocycles. The Morgan fingerprint density at radius 3 is 2.85 bits per heavy atom. The largest absolute Gasteiger partial charge is 0.387 e. The molecule has 1 aromatic carbocycles. The van der Waals surface area contributed by atoms with Crippen molar-refractivity contribution in [1.82, 2.24) is 10.3 Å². The predicted octanol–water partition coefficient (Wildman–Crippen LogP) is 3.02.